The summed E-state index contributed by atoms with van der Waals surface area (Å²) >= 11 is 5.48. The summed E-state index contributed by atoms with van der Waals surface area (Å²) in [7, 11) is 0. The first-order valence-electron chi connectivity index (χ1n) is 3.05. The van der Waals surface area contributed by atoms with Gasteiger partial charge in [0, 0.05) is 0 Å². The summed E-state index contributed by atoms with van der Waals surface area (Å²) in [5.41, 5.74) is 0. The lowest BCUT2D eigenvalue weighted by molar-refractivity contribution is -0.107. The quantitative estimate of drug-likeness (QED) is 0.338. The first-order valence-corrected chi connectivity index (χ1v) is 3.49. The Bertz CT molecular complexity index is 99.1. The summed E-state index contributed by atoms with van der Waals surface area (Å²) in [5.74, 6) is 0. The van der Waals surface area contributed by atoms with Gasteiger partial charge in [-0.3, -0.25) is 0 Å². The van der Waals surface area contributed by atoms with Crippen molar-refractivity contribution in [2.45, 2.75) is 25.1 Å². The lowest BCUT2D eigenvalue weighted by atomic mass is 10.3. The topological polar surface area (TPSA) is 17.1 Å². The van der Waals surface area contributed by atoms with Crippen molar-refractivity contribution in [2.75, 3.05) is 0 Å². The van der Waals surface area contributed by atoms with Crippen LogP contribution in [0.2, 0.25) is 0 Å². The Kier molecular flexibility index (Phi) is 5.64. The van der Waals surface area contributed by atoms with Gasteiger partial charge < -0.3 is 4.79 Å². The molecule has 0 aliphatic rings. The predicted octanol–water partition coefficient (Wildman–Crippen LogP) is 2.15. The first kappa shape index (κ1) is 8.70. The summed E-state index contributed by atoms with van der Waals surface area (Å²) < 4.78 is 0. The maximum Gasteiger partial charge on any atom is 0.138 e. The van der Waals surface area contributed by atoms with Gasteiger partial charge in [-0.1, -0.05) is 19.1 Å². The highest BCUT2D eigenvalue weighted by molar-refractivity contribution is 6.27. The summed E-state index contributed by atoms with van der Waals surface area (Å²) in [6.07, 6.45) is 6.33. The number of rotatable bonds is 4. The van der Waals surface area contributed by atoms with Gasteiger partial charge in [-0.05, 0) is 12.8 Å². The molecule has 0 aliphatic heterocycles. The number of hydrogen-bond donors (Lipinski definition) is 0. The fourth-order valence-electron chi connectivity index (χ4n) is 0.448. The van der Waals surface area contributed by atoms with Crippen LogP contribution in [0.25, 0.3) is 0 Å². The van der Waals surface area contributed by atoms with Gasteiger partial charge >= 0.3 is 0 Å². The third kappa shape index (κ3) is 5.57. The zero-order chi connectivity index (χ0) is 7.11. The van der Waals surface area contributed by atoms with Crippen molar-refractivity contribution >= 4 is 17.9 Å². The van der Waals surface area contributed by atoms with Crippen LogP contribution in [-0.2, 0) is 4.79 Å². The van der Waals surface area contributed by atoms with Crippen LogP contribution in [0.1, 0.15) is 19.8 Å². The maximum absolute atomic E-state index is 9.93. The summed E-state index contributed by atoms with van der Waals surface area (Å²) in [4.78, 5) is 9.93. The van der Waals surface area contributed by atoms with Crippen molar-refractivity contribution in [1.29, 1.82) is 0 Å². The second kappa shape index (κ2) is 5.83. The molecule has 0 N–H and O–H groups in total. The molecule has 0 heterocycles. The zero-order valence-electron chi connectivity index (χ0n) is 5.51. The molecule has 1 atom stereocenters. The second-order valence-corrected chi connectivity index (χ2v) is 2.33. The van der Waals surface area contributed by atoms with Crippen LogP contribution >= 0.6 is 11.6 Å². The van der Waals surface area contributed by atoms with E-state index >= 15 is 0 Å². The van der Waals surface area contributed by atoms with Gasteiger partial charge in [-0.25, -0.2) is 0 Å². The summed E-state index contributed by atoms with van der Waals surface area (Å²) in [6.45, 7) is 2.04. The Balaban J connectivity index is 3.25. The molecule has 52 valence electrons. The van der Waals surface area contributed by atoms with Gasteiger partial charge in [-0.2, -0.15) is 0 Å². The van der Waals surface area contributed by atoms with E-state index in [4.69, 9.17) is 11.6 Å². The summed E-state index contributed by atoms with van der Waals surface area (Å²) in [5, 5.41) is -0.340. The van der Waals surface area contributed by atoms with Crippen molar-refractivity contribution in [3.63, 3.8) is 0 Å². The van der Waals surface area contributed by atoms with Gasteiger partial charge in [0.15, 0.2) is 0 Å². The normalized spacial score (nSPS) is 14.0. The molecule has 1 nitrogen and oxygen atoms in total. The SMILES string of the molecule is CC/C=C/CC(Cl)C=O. The van der Waals surface area contributed by atoms with Gasteiger partial charge in [0.05, 0.1) is 5.38 Å². The van der Waals surface area contributed by atoms with Crippen LogP contribution in [0.4, 0.5) is 0 Å². The van der Waals surface area contributed by atoms with Gasteiger partial charge in [-0.15, -0.1) is 11.6 Å². The number of carbonyl (C=O) groups is 1. The van der Waals surface area contributed by atoms with E-state index in [1.54, 1.807) is 0 Å². The lowest BCUT2D eigenvalue weighted by Gasteiger charge is -1.91. The zero-order valence-corrected chi connectivity index (χ0v) is 6.27. The molecule has 9 heavy (non-hydrogen) atoms. The minimum atomic E-state index is -0.340. The Morgan fingerprint density at radius 3 is 2.67 bits per heavy atom. The van der Waals surface area contributed by atoms with E-state index in [2.05, 4.69) is 0 Å². The summed E-state index contributed by atoms with van der Waals surface area (Å²) in [6, 6.07) is 0. The number of alkyl halides is 1. The number of hydrogen-bond acceptors (Lipinski definition) is 1. The van der Waals surface area contributed by atoms with E-state index in [1.165, 1.54) is 0 Å². The predicted molar refractivity (Wildman–Crippen MR) is 39.8 cm³/mol. The Morgan fingerprint density at radius 2 is 2.22 bits per heavy atom. The van der Waals surface area contributed by atoms with Crippen LogP contribution < -0.4 is 0 Å². The molecule has 0 saturated heterocycles. The smallest absolute Gasteiger partial charge is 0.138 e. The minimum absolute atomic E-state index is 0.340. The molecule has 0 spiro atoms. The maximum atomic E-state index is 9.93. The average Bonchev–Trinajstić information content (AvgIpc) is 1.89. The molecular weight excluding hydrogens is 136 g/mol. The number of allylic oxidation sites excluding steroid dienone is 2. The standard InChI is InChI=1S/C7H11ClO/c1-2-3-4-5-7(8)6-9/h3-4,6-7H,2,5H2,1H3/b4-3+. The highest BCUT2D eigenvalue weighted by atomic mass is 35.5. The van der Waals surface area contributed by atoms with Crippen molar-refractivity contribution in [3.05, 3.63) is 12.2 Å². The van der Waals surface area contributed by atoms with Gasteiger partial charge in [0.1, 0.15) is 6.29 Å². The monoisotopic (exact) mass is 146 g/mol. The Morgan fingerprint density at radius 1 is 1.56 bits per heavy atom. The highest BCUT2D eigenvalue weighted by Gasteiger charge is 1.95. The molecule has 0 fully saturated rings. The van der Waals surface area contributed by atoms with E-state index in [9.17, 15) is 4.79 Å². The average molecular weight is 147 g/mol. The highest BCUT2D eigenvalue weighted by Crippen LogP contribution is 1.98. The van der Waals surface area contributed by atoms with Gasteiger partial charge in [0.2, 0.25) is 0 Å². The molecule has 1 unspecified atom stereocenters. The molecule has 0 amide bonds. The second-order valence-electron chi connectivity index (χ2n) is 1.77. The molecule has 0 aromatic heterocycles. The lowest BCUT2D eigenvalue weighted by Crippen LogP contribution is -1.95. The molecule has 2 heteroatoms. The first-order chi connectivity index (χ1) is 4.31. The largest absolute Gasteiger partial charge is 0.302 e. The van der Waals surface area contributed by atoms with Crippen LogP contribution in [0.3, 0.4) is 0 Å². The van der Waals surface area contributed by atoms with Crippen molar-refractivity contribution in [2.24, 2.45) is 0 Å². The number of halogens is 1. The third-order valence-corrected chi connectivity index (χ3v) is 1.19. The van der Waals surface area contributed by atoms with E-state index in [0.29, 0.717) is 6.42 Å². The van der Waals surface area contributed by atoms with Crippen molar-refractivity contribution in [1.82, 2.24) is 0 Å². The van der Waals surface area contributed by atoms with Crippen molar-refractivity contribution < 1.29 is 4.79 Å². The van der Waals surface area contributed by atoms with Crippen LogP contribution in [-0.4, -0.2) is 11.7 Å². The van der Waals surface area contributed by atoms with E-state index in [1.807, 2.05) is 19.1 Å². The molecule has 0 aliphatic carbocycles. The molecule has 0 radical (unpaired) electrons. The van der Waals surface area contributed by atoms with Crippen LogP contribution in [0, 0.1) is 0 Å². The van der Waals surface area contributed by atoms with E-state index in [0.717, 1.165) is 12.7 Å². The van der Waals surface area contributed by atoms with Gasteiger partial charge in [0.25, 0.3) is 0 Å². The van der Waals surface area contributed by atoms with Crippen molar-refractivity contribution in [3.8, 4) is 0 Å². The Labute approximate surface area is 60.7 Å². The molecule has 0 rings (SSSR count). The Hall–Kier alpha value is -0.300. The molecular formula is C7H11ClO. The molecule has 0 aromatic carbocycles. The van der Waals surface area contributed by atoms with Crippen LogP contribution in [0.15, 0.2) is 12.2 Å². The molecule has 0 saturated carbocycles. The fraction of sp³-hybridized carbons (Fsp3) is 0.571. The minimum Gasteiger partial charge on any atom is -0.302 e. The number of carbonyl (C=O) groups excluding carboxylic acids is 1. The fourth-order valence-corrected chi connectivity index (χ4v) is 0.551. The third-order valence-electron chi connectivity index (χ3n) is 0.911. The van der Waals surface area contributed by atoms with E-state index < -0.39 is 0 Å². The van der Waals surface area contributed by atoms with Crippen LogP contribution in [0.5, 0.6) is 0 Å². The van der Waals surface area contributed by atoms with E-state index in [-0.39, 0.29) is 5.38 Å². The molecule has 0 bridgehead atoms. The number of aldehydes is 1. The molecule has 0 aromatic rings.